The number of piperidine rings is 1. The second kappa shape index (κ2) is 13.3. The van der Waals surface area contributed by atoms with Crippen molar-refractivity contribution in [1.82, 2.24) is 0 Å². The minimum atomic E-state index is -0.198. The van der Waals surface area contributed by atoms with Gasteiger partial charge in [0.25, 0.3) is 0 Å². The second-order valence-electron chi connectivity index (χ2n) is 11.2. The van der Waals surface area contributed by atoms with Crippen molar-refractivity contribution in [3.63, 3.8) is 0 Å². The monoisotopic (exact) mass is 564 g/mol. The summed E-state index contributed by atoms with van der Waals surface area (Å²) in [6.45, 7) is 1.77. The number of nitrogens with one attached hydrogen (secondary N) is 1. The molecule has 1 aliphatic rings. The molecule has 1 heterocycles. The van der Waals surface area contributed by atoms with E-state index >= 15 is 0 Å². The molecular weight excluding hydrogens is 528 g/mol. The van der Waals surface area contributed by atoms with E-state index in [0.717, 1.165) is 65.1 Å². The molecule has 1 saturated heterocycles. The Morgan fingerprint density at radius 2 is 1.26 bits per heavy atom. The normalized spacial score (nSPS) is 14.2. The highest BCUT2D eigenvalue weighted by atomic mass is 16.2. The number of carbonyl (C=O) groups excluding carboxylic acids is 2. The number of nitrogens with zero attached hydrogens (tertiary/aromatic N) is 1. The molecule has 1 N–H and O–H groups in total. The van der Waals surface area contributed by atoms with Crippen LogP contribution >= 0.6 is 0 Å². The number of carbonyl (C=O) groups is 2. The van der Waals surface area contributed by atoms with Crippen LogP contribution in [0.3, 0.4) is 0 Å². The summed E-state index contributed by atoms with van der Waals surface area (Å²) in [5.74, 6) is 0.229. The maximum absolute atomic E-state index is 13.5. The standard InChI is InChI=1S/C39H36N2O2/c42-37(36-19-11-10-18-35(36)30-12-4-1-5-13-30)28-29-20-22-34(23-21-29)41-26-24-32(25-27-41)38(31-14-6-2-7-15-31)39(43)40-33-16-8-3-9-17-33/h1-23,32,38H,24-28H2,(H,40,43). The van der Waals surface area contributed by atoms with Gasteiger partial charge in [-0.25, -0.2) is 0 Å². The van der Waals surface area contributed by atoms with Gasteiger partial charge >= 0.3 is 0 Å². The minimum Gasteiger partial charge on any atom is -0.372 e. The second-order valence-corrected chi connectivity index (χ2v) is 11.2. The summed E-state index contributed by atoms with van der Waals surface area (Å²) in [7, 11) is 0. The maximum atomic E-state index is 13.5. The lowest BCUT2D eigenvalue weighted by Gasteiger charge is -2.37. The van der Waals surface area contributed by atoms with Crippen molar-refractivity contribution in [2.75, 3.05) is 23.3 Å². The van der Waals surface area contributed by atoms with Gasteiger partial charge in [0.1, 0.15) is 0 Å². The summed E-state index contributed by atoms with van der Waals surface area (Å²) in [6.07, 6.45) is 2.22. The van der Waals surface area contributed by atoms with Crippen LogP contribution in [0.2, 0.25) is 0 Å². The minimum absolute atomic E-state index is 0.0544. The highest BCUT2D eigenvalue weighted by molar-refractivity contribution is 6.03. The third-order valence-corrected chi connectivity index (χ3v) is 8.47. The quantitative estimate of drug-likeness (QED) is 0.183. The Labute approximate surface area is 254 Å². The molecule has 1 fully saturated rings. The molecule has 1 aliphatic heterocycles. The van der Waals surface area contributed by atoms with Crippen molar-refractivity contribution in [2.45, 2.75) is 25.2 Å². The largest absolute Gasteiger partial charge is 0.372 e. The molecule has 1 amide bonds. The Bertz CT molecular complexity index is 1640. The molecule has 6 rings (SSSR count). The molecule has 0 spiro atoms. The fourth-order valence-electron chi connectivity index (χ4n) is 6.23. The molecule has 0 aliphatic carbocycles. The number of hydrogen-bond donors (Lipinski definition) is 1. The van der Waals surface area contributed by atoms with Gasteiger partial charge < -0.3 is 10.2 Å². The summed E-state index contributed by atoms with van der Waals surface area (Å²) >= 11 is 0. The number of rotatable bonds is 9. The zero-order chi connectivity index (χ0) is 29.4. The number of benzene rings is 5. The lowest BCUT2D eigenvalue weighted by molar-refractivity contribution is -0.118. The topological polar surface area (TPSA) is 49.4 Å². The van der Waals surface area contributed by atoms with E-state index in [1.54, 1.807) is 0 Å². The molecule has 0 saturated carbocycles. The molecule has 4 heteroatoms. The van der Waals surface area contributed by atoms with Crippen LogP contribution in [-0.4, -0.2) is 24.8 Å². The number of ketones is 1. The van der Waals surface area contributed by atoms with Crippen molar-refractivity contribution in [1.29, 1.82) is 0 Å². The van der Waals surface area contributed by atoms with E-state index in [0.29, 0.717) is 6.42 Å². The first-order valence-electron chi connectivity index (χ1n) is 15.1. The van der Waals surface area contributed by atoms with E-state index in [2.05, 4.69) is 46.6 Å². The first-order chi connectivity index (χ1) is 21.2. The molecule has 5 aromatic rings. The van der Waals surface area contributed by atoms with Gasteiger partial charge in [-0.2, -0.15) is 0 Å². The summed E-state index contributed by atoms with van der Waals surface area (Å²) in [5.41, 5.74) is 6.84. The molecule has 43 heavy (non-hydrogen) atoms. The summed E-state index contributed by atoms with van der Waals surface area (Å²) in [5, 5.41) is 3.15. The number of Topliss-reactive ketones (excluding diaryl/α,β-unsaturated/α-hetero) is 1. The van der Waals surface area contributed by atoms with E-state index in [1.165, 1.54) is 0 Å². The van der Waals surface area contributed by atoms with Gasteiger partial charge in [0.15, 0.2) is 5.78 Å². The van der Waals surface area contributed by atoms with E-state index < -0.39 is 0 Å². The number of anilines is 2. The SMILES string of the molecule is O=C(Cc1ccc(N2CCC(C(C(=O)Nc3ccccc3)c3ccccc3)CC2)cc1)c1ccccc1-c1ccccc1. The van der Waals surface area contributed by atoms with Gasteiger partial charge in [-0.05, 0) is 65.3 Å². The molecule has 0 aromatic heterocycles. The van der Waals surface area contributed by atoms with Crippen molar-refractivity contribution in [3.05, 3.63) is 156 Å². The highest BCUT2D eigenvalue weighted by Gasteiger charge is 2.33. The fourth-order valence-corrected chi connectivity index (χ4v) is 6.23. The fraction of sp³-hybridized carbons (Fsp3) is 0.179. The first-order valence-corrected chi connectivity index (χ1v) is 15.1. The molecule has 214 valence electrons. The highest BCUT2D eigenvalue weighted by Crippen LogP contribution is 2.35. The molecule has 1 unspecified atom stereocenters. The van der Waals surface area contributed by atoms with Crippen LogP contribution in [0.1, 0.15) is 40.2 Å². The molecule has 0 radical (unpaired) electrons. The van der Waals surface area contributed by atoms with Crippen LogP contribution in [0, 0.1) is 5.92 Å². The van der Waals surface area contributed by atoms with E-state index in [9.17, 15) is 9.59 Å². The van der Waals surface area contributed by atoms with Gasteiger partial charge in [0.05, 0.1) is 5.92 Å². The molecule has 1 atom stereocenters. The van der Waals surface area contributed by atoms with Gasteiger partial charge in [-0.1, -0.05) is 115 Å². The Balaban J connectivity index is 1.10. The van der Waals surface area contributed by atoms with Crippen molar-refractivity contribution in [2.24, 2.45) is 5.92 Å². The van der Waals surface area contributed by atoms with E-state index in [4.69, 9.17) is 0 Å². The Kier molecular flexibility index (Phi) is 8.74. The first kappa shape index (κ1) is 28.2. The Morgan fingerprint density at radius 1 is 0.674 bits per heavy atom. The molecule has 0 bridgehead atoms. The van der Waals surface area contributed by atoms with Crippen molar-refractivity contribution in [3.8, 4) is 11.1 Å². The van der Waals surface area contributed by atoms with Crippen LogP contribution in [0.4, 0.5) is 11.4 Å². The van der Waals surface area contributed by atoms with E-state index in [-0.39, 0.29) is 23.5 Å². The number of hydrogen-bond acceptors (Lipinski definition) is 3. The smallest absolute Gasteiger partial charge is 0.232 e. The average molecular weight is 565 g/mol. The zero-order valence-electron chi connectivity index (χ0n) is 24.2. The zero-order valence-corrected chi connectivity index (χ0v) is 24.2. The third-order valence-electron chi connectivity index (χ3n) is 8.47. The predicted octanol–water partition coefficient (Wildman–Crippen LogP) is 8.42. The number of para-hydroxylation sites is 1. The summed E-state index contributed by atoms with van der Waals surface area (Å²) in [4.78, 5) is 29.3. The van der Waals surface area contributed by atoms with E-state index in [1.807, 2.05) is 103 Å². The van der Waals surface area contributed by atoms with Crippen molar-refractivity contribution < 1.29 is 9.59 Å². The van der Waals surface area contributed by atoms with Gasteiger partial charge in [0.2, 0.25) is 5.91 Å². The Morgan fingerprint density at radius 3 is 1.93 bits per heavy atom. The van der Waals surface area contributed by atoms with Gasteiger partial charge in [0, 0.05) is 36.4 Å². The lowest BCUT2D eigenvalue weighted by Crippen LogP contribution is -2.38. The lowest BCUT2D eigenvalue weighted by atomic mass is 9.79. The van der Waals surface area contributed by atoms with Crippen LogP contribution < -0.4 is 10.2 Å². The number of amides is 1. The third kappa shape index (κ3) is 6.76. The van der Waals surface area contributed by atoms with Gasteiger partial charge in [-0.15, -0.1) is 0 Å². The van der Waals surface area contributed by atoms with Crippen LogP contribution in [0.25, 0.3) is 11.1 Å². The van der Waals surface area contributed by atoms with Crippen LogP contribution in [0.15, 0.2) is 140 Å². The molecule has 5 aromatic carbocycles. The molecule has 4 nitrogen and oxygen atoms in total. The average Bonchev–Trinajstić information content (AvgIpc) is 3.07. The Hall–Kier alpha value is -4.96. The van der Waals surface area contributed by atoms with Gasteiger partial charge in [-0.3, -0.25) is 9.59 Å². The molecular formula is C39H36N2O2. The maximum Gasteiger partial charge on any atom is 0.232 e. The van der Waals surface area contributed by atoms with Crippen LogP contribution in [0.5, 0.6) is 0 Å². The summed E-state index contributed by atoms with van der Waals surface area (Å²) in [6, 6.07) is 46.2. The predicted molar refractivity (Wildman–Crippen MR) is 176 cm³/mol. The van der Waals surface area contributed by atoms with Crippen LogP contribution in [-0.2, 0) is 11.2 Å². The van der Waals surface area contributed by atoms with Crippen molar-refractivity contribution >= 4 is 23.1 Å². The summed E-state index contributed by atoms with van der Waals surface area (Å²) < 4.78 is 0.